The summed E-state index contributed by atoms with van der Waals surface area (Å²) in [5.74, 6) is -0.0490. The molecule has 0 heterocycles. The molecule has 0 aliphatic carbocycles. The van der Waals surface area contributed by atoms with E-state index in [1.165, 1.54) is 22.3 Å². The molecule has 0 aliphatic rings. The summed E-state index contributed by atoms with van der Waals surface area (Å²) in [6.07, 6.45) is 0. The molecule has 14 aromatic rings. The van der Waals surface area contributed by atoms with E-state index in [1.807, 2.05) is 0 Å². The molecule has 0 fully saturated rings. The van der Waals surface area contributed by atoms with E-state index in [-0.39, 0.29) is 5.78 Å². The molecule has 1 nitrogen and oxygen atoms in total. The van der Waals surface area contributed by atoms with Crippen molar-refractivity contribution in [2.45, 2.75) is 0 Å². The fraction of sp³-hybridized carbons (Fsp3) is 0. The van der Waals surface area contributed by atoms with Gasteiger partial charge in [-0.2, -0.15) is 0 Å². The standard InChI is InChI=1S/C77H50O/c78-77(59-47-55(65-41-37-61(51-21-5-1-6-22-51)69-29-13-17-33-73(65)69)45-56(48-59)66-42-38-62(52-23-7-2-8-24-52)70-30-14-18-34-74(66)70)60-49-57(67-43-39-63(53-25-9-3-10-26-53)71-31-15-19-35-75(67)71)46-58(50-60)68-44-40-64(54-27-11-4-12-28-54)72-32-16-20-36-76(68)72/h1-50H. The highest BCUT2D eigenvalue weighted by atomic mass is 16.1. The van der Waals surface area contributed by atoms with Crippen molar-refractivity contribution in [2.24, 2.45) is 0 Å². The van der Waals surface area contributed by atoms with Crippen LogP contribution < -0.4 is 0 Å². The number of benzene rings is 14. The van der Waals surface area contributed by atoms with Crippen LogP contribution in [0, 0.1) is 0 Å². The van der Waals surface area contributed by atoms with Gasteiger partial charge in [0, 0.05) is 11.1 Å². The molecule has 0 saturated heterocycles. The summed E-state index contributed by atoms with van der Waals surface area (Å²) in [5, 5.41) is 9.13. The lowest BCUT2D eigenvalue weighted by Crippen LogP contribution is -2.04. The Hall–Kier alpha value is -10.2. The number of rotatable bonds is 10. The Bertz CT molecular complexity index is 4020. The molecule has 0 aromatic heterocycles. The van der Waals surface area contributed by atoms with E-state index in [2.05, 4.69) is 303 Å². The Morgan fingerprint density at radius 1 is 0.167 bits per heavy atom. The minimum absolute atomic E-state index is 0.0490. The molecule has 0 bridgehead atoms. The van der Waals surface area contributed by atoms with Crippen molar-refractivity contribution >= 4 is 48.9 Å². The monoisotopic (exact) mass is 990 g/mol. The normalized spacial score (nSPS) is 11.4. The first kappa shape index (κ1) is 46.3. The number of hydrogen-bond donors (Lipinski definition) is 0. The third kappa shape index (κ3) is 8.36. The highest BCUT2D eigenvalue weighted by Crippen LogP contribution is 2.44. The first-order valence-corrected chi connectivity index (χ1v) is 26.8. The van der Waals surface area contributed by atoms with Gasteiger partial charge in [0.2, 0.25) is 0 Å². The number of ketones is 1. The fourth-order valence-electron chi connectivity index (χ4n) is 12.0. The second-order valence-corrected chi connectivity index (χ2v) is 20.2. The summed E-state index contributed by atoms with van der Waals surface area (Å²) in [6, 6.07) is 108. The largest absolute Gasteiger partial charge is 0.289 e. The van der Waals surface area contributed by atoms with Crippen molar-refractivity contribution in [3.8, 4) is 89.0 Å². The average molecular weight is 991 g/mol. The van der Waals surface area contributed by atoms with Gasteiger partial charge >= 0.3 is 0 Å². The van der Waals surface area contributed by atoms with Crippen LogP contribution in [0.15, 0.2) is 303 Å². The highest BCUT2D eigenvalue weighted by Gasteiger charge is 2.21. The number of carbonyl (C=O) groups is 1. The van der Waals surface area contributed by atoms with Crippen molar-refractivity contribution in [1.29, 1.82) is 0 Å². The molecule has 0 spiro atoms. The molecular weight excluding hydrogens is 941 g/mol. The van der Waals surface area contributed by atoms with Gasteiger partial charge < -0.3 is 0 Å². The first-order valence-electron chi connectivity index (χ1n) is 26.8. The van der Waals surface area contributed by atoms with Crippen molar-refractivity contribution in [3.63, 3.8) is 0 Å². The van der Waals surface area contributed by atoms with Crippen molar-refractivity contribution in [3.05, 3.63) is 314 Å². The summed E-state index contributed by atoms with van der Waals surface area (Å²) >= 11 is 0. The van der Waals surface area contributed by atoms with E-state index in [9.17, 15) is 0 Å². The number of carbonyl (C=O) groups excluding carboxylic acids is 1. The smallest absolute Gasteiger partial charge is 0.193 e. The van der Waals surface area contributed by atoms with Crippen molar-refractivity contribution < 1.29 is 4.79 Å². The Labute approximate surface area is 454 Å². The van der Waals surface area contributed by atoms with Crippen LogP contribution in [0.2, 0.25) is 0 Å². The van der Waals surface area contributed by atoms with Gasteiger partial charge in [-0.3, -0.25) is 4.79 Å². The summed E-state index contributed by atoms with van der Waals surface area (Å²) in [5.41, 5.74) is 18.7. The molecule has 0 radical (unpaired) electrons. The lowest BCUT2D eigenvalue weighted by atomic mass is 9.85. The van der Waals surface area contributed by atoms with E-state index in [4.69, 9.17) is 0 Å². The number of hydrogen-bond acceptors (Lipinski definition) is 1. The Morgan fingerprint density at radius 3 is 0.526 bits per heavy atom. The molecule has 0 unspecified atom stereocenters. The van der Waals surface area contributed by atoms with Crippen LogP contribution in [0.1, 0.15) is 15.9 Å². The van der Waals surface area contributed by atoms with E-state index in [0.29, 0.717) is 11.1 Å². The zero-order valence-electron chi connectivity index (χ0n) is 42.8. The molecule has 0 saturated carbocycles. The van der Waals surface area contributed by atoms with Gasteiger partial charge in [0.05, 0.1) is 0 Å². The third-order valence-corrected chi connectivity index (χ3v) is 15.7. The molecule has 0 aliphatic heterocycles. The van der Waals surface area contributed by atoms with Gasteiger partial charge in [-0.15, -0.1) is 0 Å². The molecule has 0 N–H and O–H groups in total. The lowest BCUT2D eigenvalue weighted by Gasteiger charge is -2.18. The molecule has 14 rings (SSSR count). The minimum atomic E-state index is -0.0490. The van der Waals surface area contributed by atoms with Crippen LogP contribution in [0.3, 0.4) is 0 Å². The van der Waals surface area contributed by atoms with Crippen LogP contribution in [-0.4, -0.2) is 5.78 Å². The Balaban J connectivity index is 1.00. The Kier molecular flexibility index (Phi) is 11.8. The third-order valence-electron chi connectivity index (χ3n) is 15.7. The topological polar surface area (TPSA) is 17.1 Å². The molecular formula is C77H50O. The van der Waals surface area contributed by atoms with E-state index < -0.39 is 0 Å². The van der Waals surface area contributed by atoms with Crippen molar-refractivity contribution in [2.75, 3.05) is 0 Å². The maximum atomic E-state index is 16.2. The summed E-state index contributed by atoms with van der Waals surface area (Å²) in [7, 11) is 0. The Morgan fingerprint density at radius 2 is 0.333 bits per heavy atom. The second-order valence-electron chi connectivity index (χ2n) is 20.2. The average Bonchev–Trinajstić information content (AvgIpc) is 3.53. The van der Waals surface area contributed by atoms with Gasteiger partial charge in [-0.1, -0.05) is 267 Å². The first-order chi connectivity index (χ1) is 38.6. The van der Waals surface area contributed by atoms with Crippen LogP contribution in [-0.2, 0) is 0 Å². The van der Waals surface area contributed by atoms with E-state index >= 15 is 4.79 Å². The molecule has 78 heavy (non-hydrogen) atoms. The predicted molar refractivity (Wildman–Crippen MR) is 330 cm³/mol. The number of fused-ring (bicyclic) bond motifs is 4. The lowest BCUT2D eigenvalue weighted by molar-refractivity contribution is 0.103. The molecule has 364 valence electrons. The van der Waals surface area contributed by atoms with E-state index in [1.54, 1.807) is 0 Å². The molecule has 1 heteroatoms. The van der Waals surface area contributed by atoms with Gasteiger partial charge in [-0.05, 0) is 169 Å². The van der Waals surface area contributed by atoms with Crippen molar-refractivity contribution in [1.82, 2.24) is 0 Å². The van der Waals surface area contributed by atoms with Gasteiger partial charge in [0.25, 0.3) is 0 Å². The fourth-order valence-corrected chi connectivity index (χ4v) is 12.0. The van der Waals surface area contributed by atoms with Crippen LogP contribution in [0.25, 0.3) is 132 Å². The van der Waals surface area contributed by atoms with Crippen LogP contribution in [0.4, 0.5) is 0 Å². The molecule has 14 aromatic carbocycles. The van der Waals surface area contributed by atoms with Crippen LogP contribution >= 0.6 is 0 Å². The summed E-state index contributed by atoms with van der Waals surface area (Å²) in [6.45, 7) is 0. The SMILES string of the molecule is O=C(c1cc(-c2ccc(-c3ccccc3)c3ccccc23)cc(-c2ccc(-c3ccccc3)c3ccccc23)c1)c1cc(-c2ccc(-c3ccccc3)c3ccccc23)cc(-c2ccc(-c3ccccc3)c3ccccc23)c1. The maximum absolute atomic E-state index is 16.2. The molecule has 0 amide bonds. The van der Waals surface area contributed by atoms with E-state index in [0.717, 1.165) is 110 Å². The maximum Gasteiger partial charge on any atom is 0.193 e. The quantitative estimate of drug-likeness (QED) is 0.125. The summed E-state index contributed by atoms with van der Waals surface area (Å²) in [4.78, 5) is 16.2. The van der Waals surface area contributed by atoms with Crippen LogP contribution in [0.5, 0.6) is 0 Å². The summed E-state index contributed by atoms with van der Waals surface area (Å²) < 4.78 is 0. The van der Waals surface area contributed by atoms with Gasteiger partial charge in [-0.25, -0.2) is 0 Å². The zero-order valence-corrected chi connectivity index (χ0v) is 42.8. The zero-order chi connectivity index (χ0) is 51.9. The predicted octanol–water partition coefficient (Wildman–Crippen LogP) is 20.9. The second kappa shape index (κ2) is 19.8. The molecule has 0 atom stereocenters. The minimum Gasteiger partial charge on any atom is -0.289 e. The highest BCUT2D eigenvalue weighted by molar-refractivity contribution is 6.16. The van der Waals surface area contributed by atoms with Gasteiger partial charge in [0.15, 0.2) is 5.78 Å². The van der Waals surface area contributed by atoms with Gasteiger partial charge in [0.1, 0.15) is 0 Å².